The van der Waals surface area contributed by atoms with Gasteiger partial charge >= 0.3 is 11.9 Å². The van der Waals surface area contributed by atoms with Gasteiger partial charge in [0.15, 0.2) is 0 Å². The number of carbonyl (C=O) groups is 4. The van der Waals surface area contributed by atoms with Gasteiger partial charge in [-0.3, -0.25) is 19.2 Å². The van der Waals surface area contributed by atoms with Crippen LogP contribution in [0.4, 0.5) is 8.78 Å². The van der Waals surface area contributed by atoms with E-state index in [9.17, 15) is 33.2 Å². The molecule has 14 heteroatoms. The number of hydrogen-bond acceptors (Lipinski definition) is 10. The van der Waals surface area contributed by atoms with Crippen LogP contribution >= 0.6 is 0 Å². The highest BCUT2D eigenvalue weighted by molar-refractivity contribution is 5.80. The number of benzene rings is 1. The summed E-state index contributed by atoms with van der Waals surface area (Å²) in [4.78, 5) is 52.2. The van der Waals surface area contributed by atoms with Crippen molar-refractivity contribution in [3.63, 3.8) is 0 Å². The zero-order chi connectivity index (χ0) is 39.3. The molecule has 2 heterocycles. The van der Waals surface area contributed by atoms with Gasteiger partial charge in [-0.05, 0) is 94.7 Å². The van der Waals surface area contributed by atoms with E-state index in [0.717, 1.165) is 75.5 Å². The van der Waals surface area contributed by atoms with Crippen molar-refractivity contribution in [2.24, 2.45) is 10.8 Å². The van der Waals surface area contributed by atoms with Gasteiger partial charge in [-0.2, -0.15) is 10.5 Å². The molecule has 12 nitrogen and oxygen atoms in total. The van der Waals surface area contributed by atoms with Crippen LogP contribution < -0.4 is 10.6 Å². The lowest BCUT2D eigenvalue weighted by Gasteiger charge is -2.52. The number of alkyl halides is 2. The van der Waals surface area contributed by atoms with Crippen molar-refractivity contribution in [1.82, 2.24) is 20.4 Å². The van der Waals surface area contributed by atoms with Gasteiger partial charge in [0.25, 0.3) is 0 Å². The fourth-order valence-electron chi connectivity index (χ4n) is 9.92. The number of ether oxygens (including phenoxy) is 2. The number of nitrogens with one attached hydrogen (secondary N) is 2. The number of rotatable bonds is 12. The highest BCUT2D eigenvalue weighted by Crippen LogP contribution is 2.54. The molecule has 8 aliphatic rings. The molecule has 2 aliphatic heterocycles. The summed E-state index contributed by atoms with van der Waals surface area (Å²) in [5, 5.41) is 24.7. The van der Waals surface area contributed by atoms with Crippen LogP contribution in [0.2, 0.25) is 0 Å². The van der Waals surface area contributed by atoms with Gasteiger partial charge in [0, 0.05) is 23.9 Å². The first-order chi connectivity index (χ1) is 26.4. The molecule has 4 atom stereocenters. The minimum absolute atomic E-state index is 0.0232. The smallest absolute Gasteiger partial charge is 0.312 e. The molecule has 4 unspecified atom stereocenters. The van der Waals surface area contributed by atoms with Crippen molar-refractivity contribution in [2.45, 2.75) is 146 Å². The molecular formula is C41H54F2N6O6. The first kappa shape index (κ1) is 40.5. The van der Waals surface area contributed by atoms with Gasteiger partial charge in [-0.1, -0.05) is 31.2 Å². The van der Waals surface area contributed by atoms with E-state index >= 15 is 0 Å². The minimum Gasteiger partial charge on any atom is -0.460 e. The van der Waals surface area contributed by atoms with E-state index in [1.807, 2.05) is 36.4 Å². The Labute approximate surface area is 322 Å². The molecule has 6 saturated carbocycles. The van der Waals surface area contributed by atoms with Crippen molar-refractivity contribution in [2.75, 3.05) is 26.2 Å². The standard InChI is InChI=1S/C35H47FN4O5.C6H7FN2O/c1-2-38-34-13-7-32(8-14-34,9-15-34)30(42)44-23-25-5-3-4-6-26(25)24-45-31(43)33-10-16-35(17-11-33,18-12-33)39-21-29(41)40-22-27(36)19-28(40)20-37;7-5-1-6(2-8)9(3-5)4-10/h3-6,27-28,38-39H,2,7-19,21-24H2,1H3;4-6H,1,3H2. The molecule has 1 aromatic rings. The van der Waals surface area contributed by atoms with E-state index in [2.05, 4.69) is 17.6 Å². The molecule has 298 valence electrons. The third-order valence-electron chi connectivity index (χ3n) is 13.7. The second-order valence-electron chi connectivity index (χ2n) is 16.7. The molecule has 1 aromatic carbocycles. The highest BCUT2D eigenvalue weighted by Gasteiger charge is 2.54. The molecule has 2 amide bonds. The van der Waals surface area contributed by atoms with E-state index in [-0.39, 0.29) is 80.0 Å². The summed E-state index contributed by atoms with van der Waals surface area (Å²) in [6.45, 7) is 3.51. The number of halogens is 2. The molecule has 0 aromatic heterocycles. The van der Waals surface area contributed by atoms with Crippen LogP contribution in [0.5, 0.6) is 0 Å². The topological polar surface area (TPSA) is 165 Å². The summed E-state index contributed by atoms with van der Waals surface area (Å²) in [5.74, 6) is -0.530. The Morgan fingerprint density at radius 1 is 0.764 bits per heavy atom. The second kappa shape index (κ2) is 16.9. The Morgan fingerprint density at radius 3 is 1.65 bits per heavy atom. The van der Waals surface area contributed by atoms with E-state index in [4.69, 9.17) is 14.7 Å². The van der Waals surface area contributed by atoms with Crippen molar-refractivity contribution < 1.29 is 37.4 Å². The highest BCUT2D eigenvalue weighted by atomic mass is 19.1. The third-order valence-corrected chi connectivity index (χ3v) is 13.7. The molecule has 55 heavy (non-hydrogen) atoms. The Bertz CT molecular complexity index is 1630. The molecule has 0 spiro atoms. The monoisotopic (exact) mass is 764 g/mol. The zero-order valence-electron chi connectivity index (χ0n) is 31.8. The minimum atomic E-state index is -1.15. The number of likely N-dealkylation sites (tertiary alicyclic amines) is 2. The maximum absolute atomic E-state index is 13.8. The van der Waals surface area contributed by atoms with Crippen LogP contribution in [0, 0.1) is 33.5 Å². The van der Waals surface area contributed by atoms with Gasteiger partial charge in [0.2, 0.25) is 12.3 Å². The van der Waals surface area contributed by atoms with E-state index in [1.54, 1.807) is 0 Å². The van der Waals surface area contributed by atoms with E-state index < -0.39 is 29.8 Å². The summed E-state index contributed by atoms with van der Waals surface area (Å²) >= 11 is 0. The predicted molar refractivity (Wildman–Crippen MR) is 196 cm³/mol. The van der Waals surface area contributed by atoms with Crippen LogP contribution in [-0.4, -0.2) is 95.7 Å². The summed E-state index contributed by atoms with van der Waals surface area (Å²) < 4.78 is 38.1. The third kappa shape index (κ3) is 8.66. The second-order valence-corrected chi connectivity index (χ2v) is 16.7. The van der Waals surface area contributed by atoms with Crippen molar-refractivity contribution in [1.29, 1.82) is 10.5 Å². The first-order valence-corrected chi connectivity index (χ1v) is 19.9. The Hall–Kier alpha value is -4.14. The number of fused-ring (bicyclic) bond motifs is 6. The molecule has 0 radical (unpaired) electrons. The number of esters is 2. The number of nitrogens with zero attached hydrogens (tertiary/aromatic N) is 4. The van der Waals surface area contributed by atoms with Crippen molar-refractivity contribution in [3.8, 4) is 12.1 Å². The summed E-state index contributed by atoms with van der Waals surface area (Å²) in [6.07, 6.45) is 8.55. The summed E-state index contributed by atoms with van der Waals surface area (Å²) in [7, 11) is 0. The molecule has 2 N–H and O–H groups in total. The predicted octanol–water partition coefficient (Wildman–Crippen LogP) is 4.70. The molecule has 6 aliphatic carbocycles. The van der Waals surface area contributed by atoms with E-state index in [1.165, 1.54) is 9.80 Å². The summed E-state index contributed by atoms with van der Waals surface area (Å²) in [5.41, 5.74) is 0.771. The number of carbonyl (C=O) groups excluding carboxylic acids is 4. The average molecular weight is 765 g/mol. The fraction of sp³-hybridized carbons (Fsp3) is 0.707. The van der Waals surface area contributed by atoms with Crippen LogP contribution in [0.1, 0.15) is 108 Å². The lowest BCUT2D eigenvalue weighted by Crippen LogP contribution is -2.58. The SMILES string of the molecule is CCNC12CCC(C(=O)OCc3ccccc3COC(=O)C34CCC(NCC(=O)N5CC(F)CC5C#N)(CC3)CC4)(CC1)CC2.N#CC1CC(F)CN1C=O. The van der Waals surface area contributed by atoms with Crippen molar-refractivity contribution >= 4 is 24.3 Å². The van der Waals surface area contributed by atoms with Gasteiger partial charge in [-0.25, -0.2) is 8.78 Å². The van der Waals surface area contributed by atoms with Crippen LogP contribution in [0.15, 0.2) is 24.3 Å². The van der Waals surface area contributed by atoms with Crippen molar-refractivity contribution in [3.05, 3.63) is 35.4 Å². The van der Waals surface area contributed by atoms with Crippen LogP contribution in [0.25, 0.3) is 0 Å². The molecular weight excluding hydrogens is 710 g/mol. The van der Waals surface area contributed by atoms with Gasteiger partial charge in [0.1, 0.15) is 37.6 Å². The normalized spacial score (nSPS) is 34.6. The largest absolute Gasteiger partial charge is 0.460 e. The summed E-state index contributed by atoms with van der Waals surface area (Å²) in [6, 6.07) is 10.3. The van der Waals surface area contributed by atoms with Crippen LogP contribution in [0.3, 0.4) is 0 Å². The van der Waals surface area contributed by atoms with Gasteiger partial charge < -0.3 is 29.9 Å². The lowest BCUT2D eigenvalue weighted by molar-refractivity contribution is -0.167. The Morgan fingerprint density at radius 2 is 1.22 bits per heavy atom. The Balaban J connectivity index is 0.000000448. The molecule has 2 saturated heterocycles. The fourth-order valence-corrected chi connectivity index (χ4v) is 9.92. The van der Waals surface area contributed by atoms with Gasteiger partial charge in [0.05, 0.1) is 42.6 Å². The molecule has 8 fully saturated rings. The number of amides is 2. The Kier molecular flexibility index (Phi) is 12.5. The quantitative estimate of drug-likeness (QED) is 0.225. The van der Waals surface area contributed by atoms with Gasteiger partial charge in [-0.15, -0.1) is 0 Å². The number of nitriles is 2. The maximum Gasteiger partial charge on any atom is 0.312 e. The van der Waals surface area contributed by atoms with E-state index in [0.29, 0.717) is 25.7 Å². The number of hydrogen-bond donors (Lipinski definition) is 2. The average Bonchev–Trinajstić information content (AvgIpc) is 3.80. The first-order valence-electron chi connectivity index (χ1n) is 19.9. The molecule has 9 rings (SSSR count). The maximum atomic E-state index is 13.8. The lowest BCUT2D eigenvalue weighted by atomic mass is 9.57. The zero-order valence-corrected chi connectivity index (χ0v) is 31.8. The van der Waals surface area contributed by atoms with Crippen LogP contribution in [-0.2, 0) is 41.9 Å². The molecule has 4 bridgehead atoms.